The van der Waals surface area contributed by atoms with Gasteiger partial charge in [0.05, 0.1) is 33.7 Å². The van der Waals surface area contributed by atoms with Crippen LogP contribution >= 0.6 is 0 Å². The highest BCUT2D eigenvalue weighted by Crippen LogP contribution is 2.31. The van der Waals surface area contributed by atoms with Crippen LogP contribution in [-0.4, -0.2) is 31.5 Å². The molecule has 0 N–H and O–H groups in total. The van der Waals surface area contributed by atoms with Crippen molar-refractivity contribution in [3.63, 3.8) is 0 Å². The lowest BCUT2D eigenvalue weighted by Crippen LogP contribution is -2.09. The van der Waals surface area contributed by atoms with Crippen molar-refractivity contribution in [2.75, 3.05) is 0 Å². The van der Waals surface area contributed by atoms with Crippen molar-refractivity contribution in [2.45, 2.75) is 12.8 Å². The lowest BCUT2D eigenvalue weighted by molar-refractivity contribution is 1.08. The summed E-state index contributed by atoms with van der Waals surface area (Å²) in [5.41, 5.74) is 12.7. The summed E-state index contributed by atoms with van der Waals surface area (Å²) < 4.78 is 0. The molecule has 56 heavy (non-hydrogen) atoms. The van der Waals surface area contributed by atoms with E-state index in [9.17, 15) is 0 Å². The Kier molecular flexibility index (Phi) is 8.54. The number of benzene rings is 6. The highest BCUT2D eigenvalue weighted by molar-refractivity contribution is 6.14. The van der Waals surface area contributed by atoms with Gasteiger partial charge in [-0.15, -0.1) is 0 Å². The standard InChI is InChI=1S/C50H34N6/c1-3-10-33(11-4-1)42-16-9-17-43(55-49(54-42)38-12-5-2-6-13-38)34-18-20-35(21-19-34)45-28-26-36-22-24-39(30-47(36)52-45)40-25-23-37-27-29-46(53-48(37)31-40)50-51-32-41-14-7-8-15-44(41)56-50/h1-8,10-15,17-32H,9,16H2. The fourth-order valence-corrected chi connectivity index (χ4v) is 7.24. The number of nitrogens with zero attached hydrogens (tertiary/aromatic N) is 6. The summed E-state index contributed by atoms with van der Waals surface area (Å²) in [7, 11) is 0. The summed E-state index contributed by atoms with van der Waals surface area (Å²) in [6.45, 7) is 0. The van der Waals surface area contributed by atoms with Crippen LogP contribution in [-0.2, 0) is 0 Å². The van der Waals surface area contributed by atoms with Gasteiger partial charge in [-0.25, -0.2) is 29.9 Å². The zero-order chi connectivity index (χ0) is 37.3. The van der Waals surface area contributed by atoms with Crippen molar-refractivity contribution < 1.29 is 0 Å². The Labute approximate surface area is 324 Å². The number of aliphatic imine (C=N–C) groups is 2. The second-order valence-corrected chi connectivity index (χ2v) is 13.9. The lowest BCUT2D eigenvalue weighted by Gasteiger charge is -2.13. The second-order valence-electron chi connectivity index (χ2n) is 13.9. The van der Waals surface area contributed by atoms with Crippen LogP contribution in [0.5, 0.6) is 0 Å². The van der Waals surface area contributed by atoms with Crippen molar-refractivity contribution in [3.05, 3.63) is 199 Å². The molecular formula is C50H34N6. The molecule has 6 nitrogen and oxygen atoms in total. The van der Waals surface area contributed by atoms with Gasteiger partial charge in [0.15, 0.2) is 11.7 Å². The molecule has 0 saturated heterocycles. The molecule has 1 aliphatic heterocycles. The number of hydrogen-bond donors (Lipinski definition) is 0. The van der Waals surface area contributed by atoms with Gasteiger partial charge in [0.2, 0.25) is 0 Å². The number of hydrogen-bond acceptors (Lipinski definition) is 6. The summed E-state index contributed by atoms with van der Waals surface area (Å²) in [6.07, 6.45) is 5.76. The van der Waals surface area contributed by atoms with E-state index in [1.807, 2.05) is 60.8 Å². The second kappa shape index (κ2) is 14.4. The SMILES string of the molecule is C1=C(c2ccc(-c3ccc4ccc(-c5ccc6ccc(-c7ncc8ccccc8n7)nc6c5)cc4n3)cc2)N=C(c2ccccc2)N=C(c2ccccc2)CC1. The average Bonchev–Trinajstić information content (AvgIpc) is 3.26. The smallest absolute Gasteiger partial charge is 0.178 e. The Morgan fingerprint density at radius 3 is 1.71 bits per heavy atom. The summed E-state index contributed by atoms with van der Waals surface area (Å²) in [5, 5.41) is 3.15. The van der Waals surface area contributed by atoms with Crippen LogP contribution in [0, 0.1) is 0 Å². The third-order valence-electron chi connectivity index (χ3n) is 10.2. The van der Waals surface area contributed by atoms with Gasteiger partial charge in [0.1, 0.15) is 5.69 Å². The number of aromatic nitrogens is 4. The molecule has 6 aromatic carbocycles. The first-order chi connectivity index (χ1) is 27.7. The zero-order valence-electron chi connectivity index (χ0n) is 30.4. The number of allylic oxidation sites excluding steroid dienone is 1. The molecule has 0 atom stereocenters. The van der Waals surface area contributed by atoms with Crippen LogP contribution in [0.1, 0.15) is 29.5 Å². The van der Waals surface area contributed by atoms with E-state index in [-0.39, 0.29) is 0 Å². The van der Waals surface area contributed by atoms with Gasteiger partial charge in [0.25, 0.3) is 0 Å². The van der Waals surface area contributed by atoms with Gasteiger partial charge in [-0.2, -0.15) is 0 Å². The minimum Gasteiger partial charge on any atom is -0.248 e. The minimum atomic E-state index is 0.615. The van der Waals surface area contributed by atoms with Crippen LogP contribution in [0.25, 0.3) is 72.3 Å². The molecule has 0 amide bonds. The van der Waals surface area contributed by atoms with E-state index < -0.39 is 0 Å². The largest absolute Gasteiger partial charge is 0.248 e. The van der Waals surface area contributed by atoms with E-state index >= 15 is 0 Å². The molecule has 6 heteroatoms. The van der Waals surface area contributed by atoms with E-state index in [0.29, 0.717) is 11.7 Å². The van der Waals surface area contributed by atoms with Crippen LogP contribution < -0.4 is 0 Å². The Balaban J connectivity index is 0.941. The molecule has 9 aromatic rings. The van der Waals surface area contributed by atoms with E-state index in [1.165, 1.54) is 0 Å². The maximum absolute atomic E-state index is 5.15. The fourth-order valence-electron chi connectivity index (χ4n) is 7.24. The molecule has 0 radical (unpaired) electrons. The number of para-hydroxylation sites is 1. The Bertz CT molecular complexity index is 3000. The summed E-state index contributed by atoms with van der Waals surface area (Å²) in [6, 6.07) is 58.3. The maximum Gasteiger partial charge on any atom is 0.178 e. The average molecular weight is 719 g/mol. The van der Waals surface area contributed by atoms with Crippen molar-refractivity contribution in [1.82, 2.24) is 19.9 Å². The highest BCUT2D eigenvalue weighted by atomic mass is 14.9. The highest BCUT2D eigenvalue weighted by Gasteiger charge is 2.14. The van der Waals surface area contributed by atoms with Gasteiger partial charge in [-0.05, 0) is 65.4 Å². The molecule has 1 aliphatic rings. The molecule has 10 rings (SSSR count). The van der Waals surface area contributed by atoms with Crippen LogP contribution in [0.15, 0.2) is 192 Å². The summed E-state index contributed by atoms with van der Waals surface area (Å²) >= 11 is 0. The van der Waals surface area contributed by atoms with E-state index in [2.05, 4.69) is 126 Å². The van der Waals surface area contributed by atoms with Crippen molar-refractivity contribution in [3.8, 4) is 33.9 Å². The number of amidine groups is 1. The van der Waals surface area contributed by atoms with E-state index in [4.69, 9.17) is 24.9 Å². The Hall–Kier alpha value is -7.44. The molecule has 264 valence electrons. The monoisotopic (exact) mass is 718 g/mol. The Morgan fingerprint density at radius 1 is 0.393 bits per heavy atom. The summed E-state index contributed by atoms with van der Waals surface area (Å²) in [4.78, 5) is 29.8. The van der Waals surface area contributed by atoms with Gasteiger partial charge in [-0.3, -0.25) is 0 Å². The first-order valence-corrected chi connectivity index (χ1v) is 18.8. The minimum absolute atomic E-state index is 0.615. The number of rotatable bonds is 6. The quantitative estimate of drug-likeness (QED) is 0.171. The van der Waals surface area contributed by atoms with Gasteiger partial charge in [-0.1, -0.05) is 146 Å². The third-order valence-corrected chi connectivity index (χ3v) is 10.2. The molecule has 4 heterocycles. The first kappa shape index (κ1) is 33.2. The van der Waals surface area contributed by atoms with Crippen LogP contribution in [0.2, 0.25) is 0 Å². The summed E-state index contributed by atoms with van der Waals surface area (Å²) in [5.74, 6) is 1.33. The normalized spacial score (nSPS) is 13.2. The van der Waals surface area contributed by atoms with Gasteiger partial charge >= 0.3 is 0 Å². The van der Waals surface area contributed by atoms with E-state index in [0.717, 1.165) is 102 Å². The number of fused-ring (bicyclic) bond motifs is 3. The van der Waals surface area contributed by atoms with Gasteiger partial charge in [0, 0.05) is 33.5 Å². The maximum atomic E-state index is 5.15. The molecule has 0 bridgehead atoms. The predicted molar refractivity (Wildman–Crippen MR) is 230 cm³/mol. The molecule has 0 unspecified atom stereocenters. The molecule has 0 fully saturated rings. The molecular weight excluding hydrogens is 685 g/mol. The molecule has 0 saturated carbocycles. The van der Waals surface area contributed by atoms with Crippen LogP contribution in [0.4, 0.5) is 0 Å². The topological polar surface area (TPSA) is 76.3 Å². The molecule has 3 aromatic heterocycles. The number of pyridine rings is 2. The Morgan fingerprint density at radius 2 is 0.982 bits per heavy atom. The first-order valence-electron chi connectivity index (χ1n) is 18.8. The van der Waals surface area contributed by atoms with Crippen molar-refractivity contribution in [2.24, 2.45) is 9.98 Å². The van der Waals surface area contributed by atoms with Crippen molar-refractivity contribution in [1.29, 1.82) is 0 Å². The van der Waals surface area contributed by atoms with E-state index in [1.54, 1.807) is 0 Å². The zero-order valence-corrected chi connectivity index (χ0v) is 30.4. The third kappa shape index (κ3) is 6.65. The van der Waals surface area contributed by atoms with Gasteiger partial charge < -0.3 is 0 Å². The predicted octanol–water partition coefficient (Wildman–Crippen LogP) is 11.8. The molecule has 0 spiro atoms. The fraction of sp³-hybridized carbons (Fsp3) is 0.0400. The van der Waals surface area contributed by atoms with Crippen LogP contribution in [0.3, 0.4) is 0 Å². The van der Waals surface area contributed by atoms with Crippen molar-refractivity contribution >= 4 is 50.0 Å². The lowest BCUT2D eigenvalue weighted by atomic mass is 10.0. The molecule has 0 aliphatic carbocycles.